The van der Waals surface area contributed by atoms with Gasteiger partial charge in [0, 0.05) is 26.4 Å². The van der Waals surface area contributed by atoms with Gasteiger partial charge in [-0.05, 0) is 0 Å². The third kappa shape index (κ3) is 3.18. The number of aliphatic hydroxyl groups excluding tert-OH is 2. The van der Waals surface area contributed by atoms with Crippen molar-refractivity contribution in [3.63, 3.8) is 0 Å². The lowest BCUT2D eigenvalue weighted by molar-refractivity contribution is -0.0130. The summed E-state index contributed by atoms with van der Waals surface area (Å²) in [7, 11) is 3.14. The summed E-state index contributed by atoms with van der Waals surface area (Å²) in [4.78, 5) is 4.06. The van der Waals surface area contributed by atoms with Crippen molar-refractivity contribution in [2.45, 2.75) is 18.4 Å². The molecule has 1 rings (SSSR count). The van der Waals surface area contributed by atoms with Crippen LogP contribution in [0.1, 0.15) is 12.8 Å². The van der Waals surface area contributed by atoms with Crippen LogP contribution in [0.2, 0.25) is 0 Å². The summed E-state index contributed by atoms with van der Waals surface area (Å²) in [5.41, 5.74) is 0.0509. The Morgan fingerprint density at radius 3 is 2.59 bits per heavy atom. The van der Waals surface area contributed by atoms with Crippen LogP contribution in [0.25, 0.3) is 0 Å². The van der Waals surface area contributed by atoms with E-state index >= 15 is 0 Å². The van der Waals surface area contributed by atoms with Crippen LogP contribution < -0.4 is 5.32 Å². The van der Waals surface area contributed by atoms with Crippen molar-refractivity contribution in [2.75, 3.05) is 33.9 Å². The van der Waals surface area contributed by atoms with Crippen molar-refractivity contribution in [3.05, 3.63) is 11.5 Å². The van der Waals surface area contributed by atoms with Crippen molar-refractivity contribution in [1.29, 1.82) is 0 Å². The molecule has 1 atom stereocenters. The zero-order chi connectivity index (χ0) is 12.9. The van der Waals surface area contributed by atoms with E-state index in [1.807, 2.05) is 0 Å². The molecule has 1 aliphatic rings. The van der Waals surface area contributed by atoms with Gasteiger partial charge in [0.25, 0.3) is 0 Å². The zero-order valence-electron chi connectivity index (χ0n) is 10.2. The summed E-state index contributed by atoms with van der Waals surface area (Å²) in [6, 6.07) is 0. The fourth-order valence-corrected chi connectivity index (χ4v) is 1.92. The maximum atomic E-state index is 10.1. The van der Waals surface area contributed by atoms with Gasteiger partial charge in [-0.2, -0.15) is 0 Å². The lowest BCUT2D eigenvalue weighted by Crippen LogP contribution is -2.43. The SMILES string of the molecule is CN=C1CC(O)(CO)CC(NCCO)=C1OC. The van der Waals surface area contributed by atoms with E-state index in [1.54, 1.807) is 7.05 Å². The van der Waals surface area contributed by atoms with Crippen LogP contribution in [-0.4, -0.2) is 60.5 Å². The first kappa shape index (κ1) is 14.0. The summed E-state index contributed by atoms with van der Waals surface area (Å²) in [5, 5.41) is 31.1. The van der Waals surface area contributed by atoms with E-state index in [-0.39, 0.29) is 26.1 Å². The molecule has 17 heavy (non-hydrogen) atoms. The Labute approximate surface area is 101 Å². The molecule has 1 unspecified atom stereocenters. The number of allylic oxidation sites excluding steroid dienone is 1. The first-order valence-electron chi connectivity index (χ1n) is 5.51. The smallest absolute Gasteiger partial charge is 0.158 e. The van der Waals surface area contributed by atoms with Crippen LogP contribution in [0.4, 0.5) is 0 Å². The monoisotopic (exact) mass is 244 g/mol. The molecule has 0 bridgehead atoms. The molecular formula is C11H20N2O4. The number of aliphatic imine (C=N–C) groups is 1. The van der Waals surface area contributed by atoms with E-state index in [2.05, 4.69) is 10.3 Å². The Morgan fingerprint density at radius 1 is 1.41 bits per heavy atom. The summed E-state index contributed by atoms with van der Waals surface area (Å²) < 4.78 is 5.25. The van der Waals surface area contributed by atoms with Crippen molar-refractivity contribution in [1.82, 2.24) is 5.32 Å². The Kier molecular flexibility index (Phi) is 4.92. The molecule has 4 N–H and O–H groups in total. The normalized spacial score (nSPS) is 27.5. The minimum Gasteiger partial charge on any atom is -0.493 e. The predicted octanol–water partition coefficient (Wildman–Crippen LogP) is -0.986. The topological polar surface area (TPSA) is 94.3 Å². The lowest BCUT2D eigenvalue weighted by atomic mass is 9.85. The highest BCUT2D eigenvalue weighted by atomic mass is 16.5. The van der Waals surface area contributed by atoms with Gasteiger partial charge in [-0.25, -0.2) is 0 Å². The second-order valence-electron chi connectivity index (χ2n) is 4.07. The number of methoxy groups -OCH3 is 1. The first-order valence-corrected chi connectivity index (χ1v) is 5.51. The first-order chi connectivity index (χ1) is 8.10. The van der Waals surface area contributed by atoms with Crippen LogP contribution in [0.15, 0.2) is 16.4 Å². The molecule has 6 heteroatoms. The van der Waals surface area contributed by atoms with Gasteiger partial charge in [-0.1, -0.05) is 0 Å². The van der Waals surface area contributed by atoms with Gasteiger partial charge < -0.3 is 25.4 Å². The van der Waals surface area contributed by atoms with Crippen LogP contribution >= 0.6 is 0 Å². The lowest BCUT2D eigenvalue weighted by Gasteiger charge is -2.33. The van der Waals surface area contributed by atoms with E-state index in [9.17, 15) is 10.2 Å². The molecule has 0 fully saturated rings. The molecule has 0 aromatic heterocycles. The molecule has 0 aromatic rings. The Hall–Kier alpha value is -1.11. The maximum absolute atomic E-state index is 10.1. The number of ether oxygens (including phenoxy) is 1. The number of aliphatic hydroxyl groups is 3. The Bertz CT molecular complexity index is 327. The fraction of sp³-hybridized carbons (Fsp3) is 0.727. The van der Waals surface area contributed by atoms with E-state index in [1.165, 1.54) is 7.11 Å². The third-order valence-electron chi connectivity index (χ3n) is 2.76. The summed E-state index contributed by atoms with van der Waals surface area (Å²) in [6.07, 6.45) is 0.513. The maximum Gasteiger partial charge on any atom is 0.158 e. The largest absolute Gasteiger partial charge is 0.493 e. The van der Waals surface area contributed by atoms with Gasteiger partial charge in [0.15, 0.2) is 5.76 Å². The average Bonchev–Trinajstić information content (AvgIpc) is 2.35. The highest BCUT2D eigenvalue weighted by Crippen LogP contribution is 2.30. The quantitative estimate of drug-likeness (QED) is 0.498. The molecule has 0 saturated carbocycles. The number of nitrogens with zero attached hydrogens (tertiary/aromatic N) is 1. The van der Waals surface area contributed by atoms with Gasteiger partial charge >= 0.3 is 0 Å². The van der Waals surface area contributed by atoms with Crippen LogP contribution in [0.5, 0.6) is 0 Å². The van der Waals surface area contributed by atoms with Crippen molar-refractivity contribution < 1.29 is 20.1 Å². The minimum atomic E-state index is -1.21. The van der Waals surface area contributed by atoms with E-state index in [0.717, 1.165) is 0 Å². The van der Waals surface area contributed by atoms with Crippen molar-refractivity contribution >= 4 is 5.71 Å². The number of hydrogen-bond donors (Lipinski definition) is 4. The second-order valence-corrected chi connectivity index (χ2v) is 4.07. The van der Waals surface area contributed by atoms with E-state index < -0.39 is 5.60 Å². The predicted molar refractivity (Wildman–Crippen MR) is 63.8 cm³/mol. The van der Waals surface area contributed by atoms with Crippen LogP contribution in [0.3, 0.4) is 0 Å². The molecule has 6 nitrogen and oxygen atoms in total. The van der Waals surface area contributed by atoms with Gasteiger partial charge in [0.05, 0.1) is 37.3 Å². The summed E-state index contributed by atoms with van der Waals surface area (Å²) in [5.74, 6) is 0.582. The highest BCUT2D eigenvalue weighted by molar-refractivity contribution is 6.00. The Morgan fingerprint density at radius 2 is 2.12 bits per heavy atom. The van der Waals surface area contributed by atoms with Gasteiger partial charge in [-0.15, -0.1) is 0 Å². The molecule has 0 spiro atoms. The molecular weight excluding hydrogens is 224 g/mol. The molecule has 0 amide bonds. The average molecular weight is 244 g/mol. The molecule has 0 saturated heterocycles. The molecule has 1 aliphatic carbocycles. The molecule has 0 aliphatic heterocycles. The molecule has 98 valence electrons. The fourth-order valence-electron chi connectivity index (χ4n) is 1.92. The zero-order valence-corrected chi connectivity index (χ0v) is 10.2. The van der Waals surface area contributed by atoms with Gasteiger partial charge in [0.2, 0.25) is 0 Å². The van der Waals surface area contributed by atoms with Gasteiger partial charge in [-0.3, -0.25) is 4.99 Å². The number of nitrogens with one attached hydrogen (secondary N) is 1. The van der Waals surface area contributed by atoms with E-state index in [0.29, 0.717) is 23.7 Å². The van der Waals surface area contributed by atoms with Crippen LogP contribution in [0, 0.1) is 0 Å². The van der Waals surface area contributed by atoms with Crippen LogP contribution in [-0.2, 0) is 4.74 Å². The summed E-state index contributed by atoms with van der Waals surface area (Å²) in [6.45, 7) is 0.00463. The van der Waals surface area contributed by atoms with Crippen molar-refractivity contribution in [2.24, 2.45) is 4.99 Å². The van der Waals surface area contributed by atoms with Gasteiger partial charge in [0.1, 0.15) is 0 Å². The molecule has 0 aromatic carbocycles. The minimum absolute atomic E-state index is 0.0172. The second kappa shape index (κ2) is 6.00. The molecule has 0 heterocycles. The van der Waals surface area contributed by atoms with Crippen molar-refractivity contribution in [3.8, 4) is 0 Å². The Balaban J connectivity index is 3.01. The number of rotatable bonds is 5. The third-order valence-corrected chi connectivity index (χ3v) is 2.76. The molecule has 0 radical (unpaired) electrons. The standard InChI is InChI=1S/C11H20N2O4/c1-12-8-5-11(16,7-15)6-9(10(8)17-2)13-3-4-14/h13-16H,3-7H2,1-2H3. The number of hydrogen-bond acceptors (Lipinski definition) is 6. The summed E-state index contributed by atoms with van der Waals surface area (Å²) >= 11 is 0. The van der Waals surface area contributed by atoms with E-state index in [4.69, 9.17) is 9.84 Å². The highest BCUT2D eigenvalue weighted by Gasteiger charge is 2.37.